The van der Waals surface area contributed by atoms with Crippen molar-refractivity contribution in [2.45, 2.75) is 38.7 Å². The van der Waals surface area contributed by atoms with Gasteiger partial charge in [-0.1, -0.05) is 29.8 Å². The molecule has 1 heterocycles. The zero-order valence-corrected chi connectivity index (χ0v) is 15.0. The molecule has 1 aliphatic heterocycles. The summed E-state index contributed by atoms with van der Waals surface area (Å²) >= 11 is 3.38. The van der Waals surface area contributed by atoms with Crippen LogP contribution in [0, 0.1) is 18.8 Å². The third-order valence-electron chi connectivity index (χ3n) is 3.99. The number of nitrogens with zero attached hydrogens (tertiary/aromatic N) is 1. The first-order valence-electron chi connectivity index (χ1n) is 7.15. The lowest BCUT2D eigenvalue weighted by Gasteiger charge is -2.34. The van der Waals surface area contributed by atoms with Crippen LogP contribution >= 0.6 is 15.9 Å². The number of benzene rings is 1. The molecule has 2 atom stereocenters. The van der Waals surface area contributed by atoms with Gasteiger partial charge < -0.3 is 5.11 Å². The molecule has 118 valence electrons. The van der Waals surface area contributed by atoms with E-state index in [1.165, 1.54) is 0 Å². The zero-order chi connectivity index (χ0) is 15.8. The maximum Gasteiger partial charge on any atom is 0.243 e. The molecule has 0 bridgehead atoms. The molecule has 0 spiro atoms. The Morgan fingerprint density at radius 2 is 1.86 bits per heavy atom. The minimum Gasteiger partial charge on any atom is -0.392 e. The Bertz CT molecular complexity index is 620. The Morgan fingerprint density at radius 1 is 1.29 bits per heavy atom. The summed E-state index contributed by atoms with van der Waals surface area (Å²) in [5.41, 5.74) is 1.29. The van der Waals surface area contributed by atoms with E-state index < -0.39 is 10.0 Å². The van der Waals surface area contributed by atoms with Crippen LogP contribution in [0.15, 0.2) is 21.5 Å². The summed E-state index contributed by atoms with van der Waals surface area (Å²) in [5, 5.41) is 9.31. The number of aliphatic hydroxyl groups excluding tert-OH is 1. The highest BCUT2D eigenvalue weighted by Gasteiger charge is 2.33. The van der Waals surface area contributed by atoms with Crippen LogP contribution in [0.25, 0.3) is 0 Å². The average molecular weight is 376 g/mol. The van der Waals surface area contributed by atoms with E-state index in [0.29, 0.717) is 45.4 Å². The van der Waals surface area contributed by atoms with E-state index in [0.717, 1.165) is 6.42 Å². The lowest BCUT2D eigenvalue weighted by atomic mass is 9.94. The van der Waals surface area contributed by atoms with E-state index in [9.17, 15) is 13.5 Å². The van der Waals surface area contributed by atoms with E-state index in [4.69, 9.17) is 0 Å². The molecule has 1 aromatic carbocycles. The first-order valence-corrected chi connectivity index (χ1v) is 9.39. The van der Waals surface area contributed by atoms with Gasteiger partial charge in [-0.2, -0.15) is 4.31 Å². The Labute approximate surface area is 135 Å². The van der Waals surface area contributed by atoms with Crippen LogP contribution < -0.4 is 0 Å². The van der Waals surface area contributed by atoms with Crippen LogP contribution in [0.2, 0.25) is 0 Å². The molecule has 0 aliphatic carbocycles. The molecule has 1 aliphatic rings. The number of halogens is 1. The van der Waals surface area contributed by atoms with Crippen LogP contribution in [0.4, 0.5) is 0 Å². The fraction of sp³-hybridized carbons (Fsp3) is 0.600. The van der Waals surface area contributed by atoms with Crippen molar-refractivity contribution in [3.8, 4) is 0 Å². The Hall–Kier alpha value is -0.430. The molecule has 2 unspecified atom stereocenters. The summed E-state index contributed by atoms with van der Waals surface area (Å²) in [5.74, 6) is 0.738. The molecular formula is C15H22BrNO3S. The number of sulfonamides is 1. The Kier molecular flexibility index (Phi) is 5.13. The van der Waals surface area contributed by atoms with Crippen LogP contribution in [0.3, 0.4) is 0 Å². The number of rotatable bonds is 3. The SMILES string of the molecule is Cc1c(Br)cc(CO)cc1S(=O)(=O)N1CC(C)CC(C)C1. The maximum absolute atomic E-state index is 12.9. The predicted octanol–water partition coefficient (Wildman–Crippen LogP) is 2.92. The number of aliphatic hydroxyl groups is 1. The molecule has 1 fully saturated rings. The lowest BCUT2D eigenvalue weighted by molar-refractivity contribution is 0.222. The topological polar surface area (TPSA) is 57.6 Å². The largest absolute Gasteiger partial charge is 0.392 e. The average Bonchev–Trinajstić information content (AvgIpc) is 2.40. The molecule has 4 nitrogen and oxygen atoms in total. The second kappa shape index (κ2) is 6.36. The summed E-state index contributed by atoms with van der Waals surface area (Å²) in [6, 6.07) is 3.34. The highest BCUT2D eigenvalue weighted by atomic mass is 79.9. The van der Waals surface area contributed by atoms with Crippen molar-refractivity contribution in [1.82, 2.24) is 4.31 Å². The first kappa shape index (κ1) is 16.9. The van der Waals surface area contributed by atoms with Crippen molar-refractivity contribution >= 4 is 26.0 Å². The normalized spacial score (nSPS) is 24.2. The number of piperidine rings is 1. The van der Waals surface area contributed by atoms with Gasteiger partial charge in [0.1, 0.15) is 0 Å². The van der Waals surface area contributed by atoms with Crippen LogP contribution in [0.1, 0.15) is 31.4 Å². The number of hydrogen-bond donors (Lipinski definition) is 1. The van der Waals surface area contributed by atoms with Gasteiger partial charge in [0, 0.05) is 17.6 Å². The van der Waals surface area contributed by atoms with Crippen molar-refractivity contribution < 1.29 is 13.5 Å². The van der Waals surface area contributed by atoms with Crippen LogP contribution in [-0.4, -0.2) is 30.9 Å². The second-order valence-corrected chi connectivity index (χ2v) is 8.89. The number of hydrogen-bond acceptors (Lipinski definition) is 3. The smallest absolute Gasteiger partial charge is 0.243 e. The van der Waals surface area contributed by atoms with Crippen molar-refractivity contribution in [1.29, 1.82) is 0 Å². The molecule has 0 saturated carbocycles. The molecule has 6 heteroatoms. The van der Waals surface area contributed by atoms with E-state index in [1.54, 1.807) is 23.4 Å². The summed E-state index contributed by atoms with van der Waals surface area (Å²) in [6.07, 6.45) is 1.06. The summed E-state index contributed by atoms with van der Waals surface area (Å²) in [6.45, 7) is 6.92. The highest BCUT2D eigenvalue weighted by Crippen LogP contribution is 2.31. The predicted molar refractivity (Wildman–Crippen MR) is 86.5 cm³/mol. The van der Waals surface area contributed by atoms with Crippen LogP contribution in [-0.2, 0) is 16.6 Å². The van der Waals surface area contributed by atoms with Crippen molar-refractivity contribution in [2.75, 3.05) is 13.1 Å². The Balaban J connectivity index is 2.46. The third kappa shape index (κ3) is 3.50. The maximum atomic E-state index is 12.9. The molecule has 0 radical (unpaired) electrons. The molecule has 2 rings (SSSR count). The zero-order valence-electron chi connectivity index (χ0n) is 12.6. The fourth-order valence-corrected chi connectivity index (χ4v) is 5.62. The van der Waals surface area contributed by atoms with Gasteiger partial charge in [-0.3, -0.25) is 0 Å². The summed E-state index contributed by atoms with van der Waals surface area (Å²) in [7, 11) is -3.52. The van der Waals surface area contributed by atoms with Crippen molar-refractivity contribution in [3.63, 3.8) is 0 Å². The van der Waals surface area contributed by atoms with E-state index >= 15 is 0 Å². The monoisotopic (exact) mass is 375 g/mol. The first-order chi connectivity index (χ1) is 9.75. The standard InChI is InChI=1S/C15H22BrNO3S/c1-10-4-11(2)8-17(7-10)21(19,20)15-6-13(9-18)5-14(16)12(15)3/h5-6,10-11,18H,4,7-9H2,1-3H3. The van der Waals surface area contributed by atoms with Gasteiger partial charge in [0.05, 0.1) is 11.5 Å². The van der Waals surface area contributed by atoms with Crippen molar-refractivity contribution in [2.24, 2.45) is 11.8 Å². The lowest BCUT2D eigenvalue weighted by Crippen LogP contribution is -2.42. The van der Waals surface area contributed by atoms with Gasteiger partial charge in [-0.05, 0) is 48.4 Å². The second-order valence-electron chi connectivity index (χ2n) is 6.13. The van der Waals surface area contributed by atoms with Gasteiger partial charge in [0.2, 0.25) is 10.0 Å². The Morgan fingerprint density at radius 3 is 2.38 bits per heavy atom. The van der Waals surface area contributed by atoms with Crippen LogP contribution in [0.5, 0.6) is 0 Å². The van der Waals surface area contributed by atoms with Gasteiger partial charge in [-0.15, -0.1) is 0 Å². The molecular weight excluding hydrogens is 354 g/mol. The van der Waals surface area contributed by atoms with E-state index in [-0.39, 0.29) is 6.61 Å². The molecule has 21 heavy (non-hydrogen) atoms. The summed E-state index contributed by atoms with van der Waals surface area (Å²) < 4.78 is 28.2. The molecule has 0 aromatic heterocycles. The quantitative estimate of drug-likeness (QED) is 0.883. The minimum atomic E-state index is -3.52. The van der Waals surface area contributed by atoms with Crippen molar-refractivity contribution in [3.05, 3.63) is 27.7 Å². The third-order valence-corrected chi connectivity index (χ3v) is 6.77. The van der Waals surface area contributed by atoms with Gasteiger partial charge in [0.25, 0.3) is 0 Å². The fourth-order valence-electron chi connectivity index (χ4n) is 3.01. The van der Waals surface area contributed by atoms with E-state index in [2.05, 4.69) is 29.8 Å². The summed E-state index contributed by atoms with van der Waals surface area (Å²) in [4.78, 5) is 0.294. The van der Waals surface area contributed by atoms with Gasteiger partial charge in [0.15, 0.2) is 0 Å². The van der Waals surface area contributed by atoms with E-state index in [1.807, 2.05) is 0 Å². The molecule has 1 N–H and O–H groups in total. The molecule has 1 aromatic rings. The van der Waals surface area contributed by atoms with Gasteiger partial charge >= 0.3 is 0 Å². The molecule has 0 amide bonds. The van der Waals surface area contributed by atoms with Gasteiger partial charge in [-0.25, -0.2) is 8.42 Å². The highest BCUT2D eigenvalue weighted by molar-refractivity contribution is 9.10. The molecule has 1 saturated heterocycles. The minimum absolute atomic E-state index is 0.172.